The Bertz CT molecular complexity index is 665. The largest absolute Gasteiger partial charge is 0.283 e. The van der Waals surface area contributed by atoms with E-state index in [4.69, 9.17) is 17.2 Å². The number of hydrogen-bond acceptors (Lipinski definition) is 3. The maximum atomic E-state index is 5.65. The van der Waals surface area contributed by atoms with Gasteiger partial charge in [0.1, 0.15) is 0 Å². The van der Waals surface area contributed by atoms with Gasteiger partial charge in [-0.2, -0.15) is 0 Å². The predicted octanol–water partition coefficient (Wildman–Crippen LogP) is 4.43. The zero-order valence-corrected chi connectivity index (χ0v) is 12.7. The first-order chi connectivity index (χ1) is 9.79. The fraction of sp³-hybridized carbons (Fsp3) is 0.125. The molecule has 0 fully saturated rings. The lowest BCUT2D eigenvalue weighted by atomic mass is 10.1. The molecule has 20 heavy (non-hydrogen) atoms. The molecule has 2 nitrogen and oxygen atoms in total. The smallest absolute Gasteiger partial charge is 0.173 e. The number of para-hydroxylation sites is 2. The van der Waals surface area contributed by atoms with Gasteiger partial charge in [-0.05, 0) is 30.0 Å². The maximum Gasteiger partial charge on any atom is 0.173 e. The Labute approximate surface area is 128 Å². The van der Waals surface area contributed by atoms with Gasteiger partial charge < -0.3 is 0 Å². The number of fused-ring (bicyclic) bond motifs is 1. The van der Waals surface area contributed by atoms with Crippen molar-refractivity contribution < 1.29 is 0 Å². The number of benzene rings is 2. The number of rotatable bonds is 1. The lowest BCUT2D eigenvalue weighted by Crippen LogP contribution is -2.33. The molecule has 0 aromatic heterocycles. The van der Waals surface area contributed by atoms with E-state index in [9.17, 15) is 0 Å². The van der Waals surface area contributed by atoms with E-state index >= 15 is 0 Å². The van der Waals surface area contributed by atoms with Crippen LogP contribution in [-0.4, -0.2) is 16.4 Å². The van der Waals surface area contributed by atoms with Crippen molar-refractivity contribution in [3.8, 4) is 0 Å². The van der Waals surface area contributed by atoms with Gasteiger partial charge in [0, 0.05) is 12.1 Å². The van der Waals surface area contributed by atoms with Crippen LogP contribution in [0, 0.1) is 0 Å². The molecule has 0 radical (unpaired) electrons. The highest BCUT2D eigenvalue weighted by Crippen LogP contribution is 2.29. The highest BCUT2D eigenvalue weighted by Gasteiger charge is 2.22. The molecule has 2 aromatic carbocycles. The topological polar surface area (TPSA) is 15.6 Å². The summed E-state index contributed by atoms with van der Waals surface area (Å²) in [7, 11) is 0. The summed E-state index contributed by atoms with van der Waals surface area (Å²) in [4.78, 5) is 7.74. The van der Waals surface area contributed by atoms with Crippen LogP contribution < -0.4 is 4.90 Å². The number of thioether (sulfide) groups is 1. The van der Waals surface area contributed by atoms with E-state index in [-0.39, 0.29) is 0 Å². The summed E-state index contributed by atoms with van der Waals surface area (Å²) in [6.45, 7) is 0. The van der Waals surface area contributed by atoms with Crippen molar-refractivity contribution in [1.82, 2.24) is 0 Å². The van der Waals surface area contributed by atoms with Gasteiger partial charge in [-0.3, -0.25) is 4.90 Å². The maximum absolute atomic E-state index is 5.65. The van der Waals surface area contributed by atoms with Crippen LogP contribution in [0.2, 0.25) is 0 Å². The fourth-order valence-electron chi connectivity index (χ4n) is 2.24. The second-order valence-electron chi connectivity index (χ2n) is 4.47. The summed E-state index contributed by atoms with van der Waals surface area (Å²) >= 11 is 7.26. The van der Waals surface area contributed by atoms with E-state index in [1.54, 1.807) is 11.8 Å². The van der Waals surface area contributed by atoms with Crippen LogP contribution in [0.4, 0.5) is 11.4 Å². The van der Waals surface area contributed by atoms with Crippen molar-refractivity contribution in [3.05, 3.63) is 60.2 Å². The predicted molar refractivity (Wildman–Crippen MR) is 92.3 cm³/mol. The molecular formula is C16H14N2S2. The molecule has 2 aromatic rings. The van der Waals surface area contributed by atoms with Crippen molar-refractivity contribution in [2.24, 2.45) is 4.99 Å². The third kappa shape index (κ3) is 2.49. The van der Waals surface area contributed by atoms with Gasteiger partial charge in [0.05, 0.1) is 10.7 Å². The molecule has 0 unspecified atom stereocenters. The van der Waals surface area contributed by atoms with Gasteiger partial charge in [0.2, 0.25) is 0 Å². The Kier molecular flexibility index (Phi) is 3.85. The summed E-state index contributed by atoms with van der Waals surface area (Å²) < 4.78 is 0. The molecule has 1 aliphatic rings. The number of aliphatic imine (C=N–C) groups is 1. The molecule has 0 aliphatic carbocycles. The van der Waals surface area contributed by atoms with Crippen LogP contribution in [0.1, 0.15) is 5.56 Å². The molecule has 4 heteroatoms. The van der Waals surface area contributed by atoms with Gasteiger partial charge in [-0.15, -0.1) is 0 Å². The fourth-order valence-corrected chi connectivity index (χ4v) is 3.23. The Hall–Kier alpha value is -1.65. The first-order valence-corrected chi connectivity index (χ1v) is 8.01. The Morgan fingerprint density at radius 3 is 2.50 bits per heavy atom. The summed E-state index contributed by atoms with van der Waals surface area (Å²) in [5.74, 6) is 0. The molecule has 0 saturated heterocycles. The molecule has 0 bridgehead atoms. The molecule has 0 amide bonds. The van der Waals surface area contributed by atoms with Crippen molar-refractivity contribution in [2.75, 3.05) is 11.2 Å². The number of nitrogens with zero attached hydrogens (tertiary/aromatic N) is 2. The minimum Gasteiger partial charge on any atom is -0.283 e. The van der Waals surface area contributed by atoms with Gasteiger partial charge >= 0.3 is 0 Å². The minimum atomic E-state index is 0.744. The van der Waals surface area contributed by atoms with Gasteiger partial charge in [-0.25, -0.2) is 4.99 Å². The zero-order valence-electron chi connectivity index (χ0n) is 11.1. The second-order valence-corrected chi connectivity index (χ2v) is 5.71. The van der Waals surface area contributed by atoms with E-state index in [1.165, 1.54) is 5.56 Å². The molecular weight excluding hydrogens is 284 g/mol. The van der Waals surface area contributed by atoms with Crippen LogP contribution in [0.25, 0.3) is 0 Å². The zero-order chi connectivity index (χ0) is 13.9. The Balaban J connectivity index is 2.11. The molecule has 0 atom stereocenters. The Morgan fingerprint density at radius 1 is 1.05 bits per heavy atom. The molecule has 0 spiro atoms. The summed E-state index contributed by atoms with van der Waals surface area (Å²) in [5.41, 5.74) is 3.26. The van der Waals surface area contributed by atoms with E-state index in [2.05, 4.69) is 23.1 Å². The van der Waals surface area contributed by atoms with Crippen molar-refractivity contribution in [2.45, 2.75) is 6.42 Å². The lowest BCUT2D eigenvalue weighted by molar-refractivity contribution is 1.31. The molecule has 1 heterocycles. The van der Waals surface area contributed by atoms with Crippen LogP contribution in [0.15, 0.2) is 59.6 Å². The number of hydrogen-bond donors (Lipinski definition) is 0. The summed E-state index contributed by atoms with van der Waals surface area (Å²) in [6, 6.07) is 18.4. The summed E-state index contributed by atoms with van der Waals surface area (Å²) in [6.07, 6.45) is 2.78. The quantitative estimate of drug-likeness (QED) is 0.724. The summed E-state index contributed by atoms with van der Waals surface area (Å²) in [5, 5.41) is 0.922. The van der Waals surface area contributed by atoms with Gasteiger partial charge in [-0.1, -0.05) is 60.4 Å². The lowest BCUT2D eigenvalue weighted by Gasteiger charge is -2.23. The third-order valence-corrected chi connectivity index (χ3v) is 4.15. The first-order valence-electron chi connectivity index (χ1n) is 6.38. The Morgan fingerprint density at radius 2 is 1.75 bits per heavy atom. The molecule has 1 aliphatic heterocycles. The standard InChI is InChI=1S/C16H14N2S2/c1-20-16-17-14-10-6-5-7-12(14)11-15(19)18(16)13-8-3-2-4-9-13/h2-10H,11H2,1H3. The number of amidine groups is 1. The van der Waals surface area contributed by atoms with Crippen LogP contribution in [0.5, 0.6) is 0 Å². The number of thiocarbonyl (C=S) groups is 1. The molecule has 0 saturated carbocycles. The highest BCUT2D eigenvalue weighted by atomic mass is 32.2. The SMILES string of the molecule is CSC1=Nc2ccccc2CC(=S)N1c1ccccc1. The van der Waals surface area contributed by atoms with Crippen molar-refractivity contribution in [3.63, 3.8) is 0 Å². The minimum absolute atomic E-state index is 0.744. The van der Waals surface area contributed by atoms with Gasteiger partial charge in [0.25, 0.3) is 0 Å². The monoisotopic (exact) mass is 298 g/mol. The first kappa shape index (κ1) is 13.3. The average molecular weight is 298 g/mol. The van der Waals surface area contributed by atoms with Gasteiger partial charge in [0.15, 0.2) is 5.17 Å². The van der Waals surface area contributed by atoms with Crippen LogP contribution in [-0.2, 0) is 6.42 Å². The second kappa shape index (κ2) is 5.77. The highest BCUT2D eigenvalue weighted by molar-refractivity contribution is 8.13. The van der Waals surface area contributed by atoms with E-state index in [0.29, 0.717) is 0 Å². The van der Waals surface area contributed by atoms with E-state index in [1.807, 2.05) is 42.7 Å². The molecule has 3 rings (SSSR count). The van der Waals surface area contributed by atoms with E-state index < -0.39 is 0 Å². The normalized spacial score (nSPS) is 14.6. The molecule has 100 valence electrons. The number of anilines is 1. The van der Waals surface area contributed by atoms with Crippen LogP contribution in [0.3, 0.4) is 0 Å². The van der Waals surface area contributed by atoms with Crippen LogP contribution >= 0.6 is 24.0 Å². The van der Waals surface area contributed by atoms with Crippen molar-refractivity contribution >= 4 is 45.5 Å². The molecule has 0 N–H and O–H groups in total. The average Bonchev–Trinajstić information content (AvgIpc) is 2.63. The van der Waals surface area contributed by atoms with E-state index in [0.717, 1.165) is 28.0 Å². The van der Waals surface area contributed by atoms with Crippen molar-refractivity contribution in [1.29, 1.82) is 0 Å². The third-order valence-electron chi connectivity index (χ3n) is 3.19.